The van der Waals surface area contributed by atoms with E-state index in [4.69, 9.17) is 0 Å². The molecule has 0 radical (unpaired) electrons. The molecule has 0 aromatic carbocycles. The zero-order valence-corrected chi connectivity index (χ0v) is 12.1. The first kappa shape index (κ1) is 11.6. The van der Waals surface area contributed by atoms with Crippen LogP contribution in [0.5, 0.6) is 0 Å². The first-order valence-electron chi connectivity index (χ1n) is 8.87. The fraction of sp³-hybridized carbons (Fsp3) is 1.00. The molecule has 6 rings (SSSR count). The van der Waals surface area contributed by atoms with Gasteiger partial charge in [-0.2, -0.15) is 0 Å². The molecule has 1 N–H and O–H groups in total. The van der Waals surface area contributed by atoms with Gasteiger partial charge >= 0.3 is 0 Å². The number of rotatable bonds is 2. The number of fused-ring (bicyclic) bond motifs is 1. The Kier molecular flexibility index (Phi) is 2.56. The average molecular weight is 260 g/mol. The van der Waals surface area contributed by atoms with Crippen molar-refractivity contribution in [2.45, 2.75) is 69.5 Å². The van der Waals surface area contributed by atoms with Gasteiger partial charge in [-0.25, -0.2) is 0 Å². The summed E-state index contributed by atoms with van der Waals surface area (Å²) in [7, 11) is 0. The van der Waals surface area contributed by atoms with Crippen LogP contribution in [0.4, 0.5) is 0 Å². The first-order valence-corrected chi connectivity index (χ1v) is 8.87. The predicted octanol–water partition coefficient (Wildman–Crippen LogP) is 2.64. The minimum Gasteiger partial charge on any atom is -0.309 e. The van der Waals surface area contributed by atoms with Crippen LogP contribution in [0, 0.1) is 23.7 Å². The summed E-state index contributed by atoms with van der Waals surface area (Å²) in [5, 5.41) is 4.19. The molecule has 4 saturated carbocycles. The molecule has 2 unspecified atom stereocenters. The Morgan fingerprint density at radius 2 is 1.53 bits per heavy atom. The summed E-state index contributed by atoms with van der Waals surface area (Å²) < 4.78 is 0. The third-order valence-corrected chi connectivity index (χ3v) is 7.24. The van der Waals surface area contributed by atoms with Crippen molar-refractivity contribution >= 4 is 0 Å². The number of nitrogens with one attached hydrogen (secondary N) is 1. The largest absolute Gasteiger partial charge is 0.309 e. The molecule has 0 aromatic heterocycles. The van der Waals surface area contributed by atoms with E-state index in [-0.39, 0.29) is 0 Å². The molecular weight excluding hydrogens is 232 g/mol. The van der Waals surface area contributed by atoms with Crippen LogP contribution in [0.15, 0.2) is 0 Å². The Bertz CT molecular complexity index is 338. The molecule has 2 heterocycles. The molecule has 19 heavy (non-hydrogen) atoms. The first-order chi connectivity index (χ1) is 9.37. The summed E-state index contributed by atoms with van der Waals surface area (Å²) in [5.74, 6) is 4.33. The van der Waals surface area contributed by atoms with Crippen molar-refractivity contribution in [3.8, 4) is 0 Å². The highest BCUT2D eigenvalue weighted by molar-refractivity contribution is 5.04. The van der Waals surface area contributed by atoms with Crippen LogP contribution >= 0.6 is 0 Å². The summed E-state index contributed by atoms with van der Waals surface area (Å²) in [6.45, 7) is 2.75. The molecule has 2 aliphatic heterocycles. The van der Waals surface area contributed by atoms with Crippen molar-refractivity contribution in [3.05, 3.63) is 0 Å². The Labute approximate surface area is 117 Å². The predicted molar refractivity (Wildman–Crippen MR) is 77.0 cm³/mol. The van der Waals surface area contributed by atoms with Crippen LogP contribution in [0.3, 0.4) is 0 Å². The molecule has 6 fully saturated rings. The maximum atomic E-state index is 4.19. The topological polar surface area (TPSA) is 15.3 Å². The smallest absolute Gasteiger partial charge is 0.0250 e. The van der Waals surface area contributed by atoms with E-state index in [0.29, 0.717) is 0 Å². The summed E-state index contributed by atoms with van der Waals surface area (Å²) in [6.07, 6.45) is 12.2. The zero-order chi connectivity index (χ0) is 12.4. The third kappa shape index (κ3) is 1.75. The third-order valence-electron chi connectivity index (χ3n) is 7.24. The molecule has 106 valence electrons. The second kappa shape index (κ2) is 4.21. The van der Waals surface area contributed by atoms with Gasteiger partial charge in [0.1, 0.15) is 0 Å². The Morgan fingerprint density at radius 1 is 0.789 bits per heavy atom. The van der Waals surface area contributed by atoms with E-state index in [1.54, 1.807) is 32.1 Å². The Morgan fingerprint density at radius 3 is 2.26 bits per heavy atom. The summed E-state index contributed by atoms with van der Waals surface area (Å²) in [6, 6.07) is 2.64. The summed E-state index contributed by atoms with van der Waals surface area (Å²) in [5.41, 5.74) is 0. The van der Waals surface area contributed by atoms with Crippen molar-refractivity contribution in [1.82, 2.24) is 10.2 Å². The maximum Gasteiger partial charge on any atom is 0.0250 e. The molecule has 2 atom stereocenters. The molecule has 4 bridgehead atoms. The van der Waals surface area contributed by atoms with E-state index in [1.165, 1.54) is 32.4 Å². The normalized spacial score (nSPS) is 55.9. The monoisotopic (exact) mass is 260 g/mol. The number of hydrogen-bond acceptors (Lipinski definition) is 2. The van der Waals surface area contributed by atoms with Gasteiger partial charge in [-0.1, -0.05) is 0 Å². The lowest BCUT2D eigenvalue weighted by Gasteiger charge is -2.55. The van der Waals surface area contributed by atoms with E-state index in [9.17, 15) is 0 Å². The number of nitrogens with zero attached hydrogens (tertiary/aromatic N) is 1. The van der Waals surface area contributed by atoms with Crippen LogP contribution < -0.4 is 5.32 Å². The number of hydrogen-bond donors (Lipinski definition) is 1. The van der Waals surface area contributed by atoms with Crippen LogP contribution in [-0.2, 0) is 0 Å². The van der Waals surface area contributed by atoms with Crippen molar-refractivity contribution in [2.24, 2.45) is 23.7 Å². The minimum absolute atomic E-state index is 0.838. The molecule has 6 aliphatic rings. The van der Waals surface area contributed by atoms with Crippen molar-refractivity contribution < 1.29 is 0 Å². The highest BCUT2D eigenvalue weighted by Crippen LogP contribution is 2.54. The fourth-order valence-electron chi connectivity index (χ4n) is 6.72. The lowest BCUT2D eigenvalue weighted by Crippen LogP contribution is -2.58. The standard InChI is InChI=1S/C17H28N2/c1-2-16-15(3-5-19(16)4-1)18-17-13-7-11-6-12(9-13)10-14(17)8-11/h11-18H,1-10H2. The van der Waals surface area contributed by atoms with Crippen LogP contribution in [0.25, 0.3) is 0 Å². The van der Waals surface area contributed by atoms with Gasteiger partial charge in [0.2, 0.25) is 0 Å². The van der Waals surface area contributed by atoms with E-state index in [1.807, 2.05) is 0 Å². The van der Waals surface area contributed by atoms with Gasteiger partial charge in [-0.15, -0.1) is 0 Å². The van der Waals surface area contributed by atoms with E-state index in [0.717, 1.165) is 41.8 Å². The molecule has 2 saturated heterocycles. The SMILES string of the molecule is C1CC2C(NC3C4CC5CC(C4)CC3C5)CCN2C1. The zero-order valence-electron chi connectivity index (χ0n) is 12.1. The van der Waals surface area contributed by atoms with E-state index < -0.39 is 0 Å². The van der Waals surface area contributed by atoms with E-state index in [2.05, 4.69) is 10.2 Å². The van der Waals surface area contributed by atoms with Gasteiger partial charge in [0, 0.05) is 24.7 Å². The highest BCUT2D eigenvalue weighted by Gasteiger charge is 2.49. The van der Waals surface area contributed by atoms with Crippen molar-refractivity contribution in [1.29, 1.82) is 0 Å². The van der Waals surface area contributed by atoms with Crippen LogP contribution in [0.2, 0.25) is 0 Å². The van der Waals surface area contributed by atoms with Gasteiger partial charge in [0.25, 0.3) is 0 Å². The molecule has 2 heteroatoms. The van der Waals surface area contributed by atoms with Gasteiger partial charge in [-0.05, 0) is 81.6 Å². The quantitative estimate of drug-likeness (QED) is 0.821. The van der Waals surface area contributed by atoms with Gasteiger partial charge in [0.15, 0.2) is 0 Å². The second-order valence-corrected chi connectivity index (χ2v) is 8.26. The summed E-state index contributed by atoms with van der Waals surface area (Å²) in [4.78, 5) is 2.76. The molecular formula is C17H28N2. The lowest BCUT2D eigenvalue weighted by molar-refractivity contribution is -0.0186. The summed E-state index contributed by atoms with van der Waals surface area (Å²) >= 11 is 0. The van der Waals surface area contributed by atoms with Gasteiger partial charge in [-0.3, -0.25) is 4.90 Å². The van der Waals surface area contributed by atoms with Crippen molar-refractivity contribution in [3.63, 3.8) is 0 Å². The second-order valence-electron chi connectivity index (χ2n) is 8.26. The molecule has 0 amide bonds. The molecule has 0 spiro atoms. The maximum absolute atomic E-state index is 4.19. The molecule has 4 aliphatic carbocycles. The molecule has 0 aromatic rings. The van der Waals surface area contributed by atoms with Crippen molar-refractivity contribution in [2.75, 3.05) is 13.1 Å². The van der Waals surface area contributed by atoms with Gasteiger partial charge < -0.3 is 5.32 Å². The minimum atomic E-state index is 0.838. The van der Waals surface area contributed by atoms with E-state index >= 15 is 0 Å². The Balaban J connectivity index is 1.31. The lowest BCUT2D eigenvalue weighted by atomic mass is 9.54. The van der Waals surface area contributed by atoms with Gasteiger partial charge in [0.05, 0.1) is 0 Å². The van der Waals surface area contributed by atoms with Crippen LogP contribution in [-0.4, -0.2) is 36.1 Å². The molecule has 2 nitrogen and oxygen atoms in total. The highest BCUT2D eigenvalue weighted by atomic mass is 15.2. The average Bonchev–Trinajstić information content (AvgIpc) is 2.96. The van der Waals surface area contributed by atoms with Crippen LogP contribution in [0.1, 0.15) is 51.4 Å². The fourth-order valence-corrected chi connectivity index (χ4v) is 6.72. The Hall–Kier alpha value is -0.0800.